The van der Waals surface area contributed by atoms with E-state index in [2.05, 4.69) is 23.6 Å². The van der Waals surface area contributed by atoms with Crippen molar-refractivity contribution in [2.45, 2.75) is 19.8 Å². The number of benzene rings is 1. The third-order valence-corrected chi connectivity index (χ3v) is 3.08. The summed E-state index contributed by atoms with van der Waals surface area (Å²) in [5.41, 5.74) is 1.18. The summed E-state index contributed by atoms with van der Waals surface area (Å²) in [6.07, 6.45) is 2.09. The van der Waals surface area contributed by atoms with Gasteiger partial charge < -0.3 is 15.4 Å². The van der Waals surface area contributed by atoms with E-state index in [9.17, 15) is 5.26 Å². The van der Waals surface area contributed by atoms with Crippen LogP contribution in [0.2, 0.25) is 0 Å². The molecule has 1 aliphatic rings. The first-order valence-corrected chi connectivity index (χ1v) is 6.63. The normalized spacial score (nSPS) is 14.7. The van der Waals surface area contributed by atoms with E-state index in [-0.39, 0.29) is 0 Å². The van der Waals surface area contributed by atoms with Gasteiger partial charge in [-0.2, -0.15) is 5.26 Å². The maximum absolute atomic E-state index is 9.24. The molecule has 0 aromatic heterocycles. The summed E-state index contributed by atoms with van der Waals surface area (Å²) >= 11 is 5.22. The Morgan fingerprint density at radius 1 is 1.47 bits per heavy atom. The fraction of sp³-hybridized carbons (Fsp3) is 0.286. The van der Waals surface area contributed by atoms with Crippen molar-refractivity contribution >= 4 is 22.9 Å². The van der Waals surface area contributed by atoms with Gasteiger partial charge in [-0.1, -0.05) is 37.7 Å². The SMILES string of the molecule is CCCCNC(=S)/C(C#N)=C1\Nc2ccccc2O1. The molecule has 4 nitrogen and oxygen atoms in total. The summed E-state index contributed by atoms with van der Waals surface area (Å²) in [6.45, 7) is 2.87. The largest absolute Gasteiger partial charge is 0.437 e. The van der Waals surface area contributed by atoms with Crippen molar-refractivity contribution in [3.63, 3.8) is 0 Å². The quantitative estimate of drug-likeness (QED) is 0.382. The van der Waals surface area contributed by atoms with Gasteiger partial charge in [0.05, 0.1) is 5.69 Å². The number of nitriles is 1. The number of rotatable bonds is 4. The minimum Gasteiger partial charge on any atom is -0.437 e. The van der Waals surface area contributed by atoms with Crippen molar-refractivity contribution in [1.29, 1.82) is 5.26 Å². The predicted octanol–water partition coefficient (Wildman–Crippen LogP) is 2.94. The van der Waals surface area contributed by atoms with Crippen LogP contribution < -0.4 is 15.4 Å². The summed E-state index contributed by atoms with van der Waals surface area (Å²) < 4.78 is 5.61. The zero-order valence-corrected chi connectivity index (χ0v) is 11.5. The topological polar surface area (TPSA) is 57.1 Å². The van der Waals surface area contributed by atoms with Crippen LogP contribution in [0.3, 0.4) is 0 Å². The second-order valence-corrected chi connectivity index (χ2v) is 4.56. The average Bonchev–Trinajstić information content (AvgIpc) is 2.83. The molecule has 0 unspecified atom stereocenters. The Bertz CT molecular complexity index is 533. The molecular formula is C14H15N3OS. The van der Waals surface area contributed by atoms with Crippen molar-refractivity contribution < 1.29 is 4.74 Å². The molecule has 0 saturated carbocycles. The third kappa shape index (κ3) is 3.04. The minimum absolute atomic E-state index is 0.335. The van der Waals surface area contributed by atoms with Crippen LogP contribution in [-0.2, 0) is 0 Å². The highest BCUT2D eigenvalue weighted by atomic mass is 32.1. The number of ether oxygens (including phenoxy) is 1. The number of fused-ring (bicyclic) bond motifs is 1. The maximum Gasteiger partial charge on any atom is 0.219 e. The zero-order valence-electron chi connectivity index (χ0n) is 10.7. The van der Waals surface area contributed by atoms with E-state index < -0.39 is 0 Å². The lowest BCUT2D eigenvalue weighted by atomic mass is 10.2. The van der Waals surface area contributed by atoms with Crippen LogP contribution in [0.5, 0.6) is 5.75 Å². The van der Waals surface area contributed by atoms with Crippen molar-refractivity contribution in [1.82, 2.24) is 5.32 Å². The van der Waals surface area contributed by atoms with Gasteiger partial charge >= 0.3 is 0 Å². The van der Waals surface area contributed by atoms with Crippen LogP contribution in [0.25, 0.3) is 0 Å². The van der Waals surface area contributed by atoms with Crippen LogP contribution in [0.15, 0.2) is 35.7 Å². The second-order valence-electron chi connectivity index (χ2n) is 4.15. The highest BCUT2D eigenvalue weighted by Gasteiger charge is 2.21. The molecule has 1 aromatic carbocycles. The van der Waals surface area contributed by atoms with Crippen LogP contribution >= 0.6 is 12.2 Å². The van der Waals surface area contributed by atoms with E-state index in [1.54, 1.807) is 0 Å². The van der Waals surface area contributed by atoms with E-state index in [1.807, 2.05) is 24.3 Å². The molecular weight excluding hydrogens is 258 g/mol. The van der Waals surface area contributed by atoms with E-state index in [0.29, 0.717) is 22.2 Å². The highest BCUT2D eigenvalue weighted by molar-refractivity contribution is 7.80. The molecule has 0 amide bonds. The van der Waals surface area contributed by atoms with Crippen LogP contribution in [0, 0.1) is 11.3 Å². The first kappa shape index (κ1) is 13.4. The first-order chi connectivity index (χ1) is 9.26. The number of nitrogens with one attached hydrogen (secondary N) is 2. The summed E-state index contributed by atoms with van der Waals surface area (Å²) in [5.74, 6) is 1.11. The number of anilines is 1. The van der Waals surface area contributed by atoms with Crippen molar-refractivity contribution in [2.75, 3.05) is 11.9 Å². The molecule has 0 fully saturated rings. The fourth-order valence-electron chi connectivity index (χ4n) is 1.70. The van der Waals surface area contributed by atoms with Crippen LogP contribution in [0.1, 0.15) is 19.8 Å². The third-order valence-electron chi connectivity index (χ3n) is 2.73. The molecule has 0 radical (unpaired) electrons. The van der Waals surface area contributed by atoms with Gasteiger partial charge in [-0.3, -0.25) is 0 Å². The molecule has 0 saturated heterocycles. The number of hydrogen-bond acceptors (Lipinski definition) is 4. The van der Waals surface area contributed by atoms with Gasteiger partial charge in [-0.15, -0.1) is 0 Å². The standard InChI is InChI=1S/C14H15N3OS/c1-2-3-8-16-14(19)10(9-15)13-17-11-6-4-5-7-12(11)18-13/h4-7,17H,2-3,8H2,1H3,(H,16,19)/b13-10+. The van der Waals surface area contributed by atoms with Gasteiger partial charge in [-0.25, -0.2) is 0 Å². The van der Waals surface area contributed by atoms with Crippen LogP contribution in [0.4, 0.5) is 5.69 Å². The fourth-order valence-corrected chi connectivity index (χ4v) is 1.94. The Morgan fingerprint density at radius 2 is 2.26 bits per heavy atom. The monoisotopic (exact) mass is 273 g/mol. The van der Waals surface area contributed by atoms with Gasteiger partial charge in [0.15, 0.2) is 5.75 Å². The van der Waals surface area contributed by atoms with Gasteiger partial charge in [0, 0.05) is 6.54 Å². The summed E-state index contributed by atoms with van der Waals surface area (Å²) in [7, 11) is 0. The molecule has 0 aliphatic carbocycles. The molecule has 19 heavy (non-hydrogen) atoms. The number of para-hydroxylation sites is 2. The van der Waals surface area contributed by atoms with E-state index in [0.717, 1.165) is 25.1 Å². The van der Waals surface area contributed by atoms with E-state index >= 15 is 0 Å². The lowest BCUT2D eigenvalue weighted by molar-refractivity contribution is 0.455. The summed E-state index contributed by atoms with van der Waals surface area (Å²) in [5, 5.41) is 15.4. The summed E-state index contributed by atoms with van der Waals surface area (Å²) in [6, 6.07) is 9.62. The zero-order chi connectivity index (χ0) is 13.7. The van der Waals surface area contributed by atoms with Crippen molar-refractivity contribution in [3.8, 4) is 11.8 Å². The molecule has 5 heteroatoms. The van der Waals surface area contributed by atoms with Gasteiger partial charge in [0.25, 0.3) is 0 Å². The predicted molar refractivity (Wildman–Crippen MR) is 78.8 cm³/mol. The molecule has 1 heterocycles. The Labute approximate surface area is 118 Å². The number of hydrogen-bond donors (Lipinski definition) is 2. The average molecular weight is 273 g/mol. The molecule has 0 bridgehead atoms. The maximum atomic E-state index is 9.24. The van der Waals surface area contributed by atoms with E-state index in [1.165, 1.54) is 0 Å². The molecule has 1 aliphatic heterocycles. The Balaban J connectivity index is 2.13. The van der Waals surface area contributed by atoms with Crippen molar-refractivity contribution in [3.05, 3.63) is 35.7 Å². The lowest BCUT2D eigenvalue weighted by Gasteiger charge is -2.08. The van der Waals surface area contributed by atoms with Gasteiger partial charge in [0.1, 0.15) is 16.6 Å². The number of unbranched alkanes of at least 4 members (excludes halogenated alkanes) is 1. The molecule has 0 spiro atoms. The van der Waals surface area contributed by atoms with E-state index in [4.69, 9.17) is 17.0 Å². The molecule has 0 atom stereocenters. The number of nitrogens with zero attached hydrogens (tertiary/aromatic N) is 1. The first-order valence-electron chi connectivity index (χ1n) is 6.22. The molecule has 2 rings (SSSR count). The summed E-state index contributed by atoms with van der Waals surface area (Å²) in [4.78, 5) is 0.422. The second kappa shape index (κ2) is 6.21. The van der Waals surface area contributed by atoms with Crippen LogP contribution in [-0.4, -0.2) is 11.5 Å². The Morgan fingerprint density at radius 3 is 2.95 bits per heavy atom. The minimum atomic E-state index is 0.335. The van der Waals surface area contributed by atoms with Gasteiger partial charge in [0.2, 0.25) is 5.88 Å². The molecule has 2 N–H and O–H groups in total. The number of thiocarbonyl (C=S) groups is 1. The molecule has 98 valence electrons. The lowest BCUT2D eigenvalue weighted by Crippen LogP contribution is -2.25. The van der Waals surface area contributed by atoms with Crippen molar-refractivity contribution in [2.24, 2.45) is 0 Å². The molecule has 1 aromatic rings. The Kier molecular flexibility index (Phi) is 4.37. The van der Waals surface area contributed by atoms with Gasteiger partial charge in [-0.05, 0) is 18.6 Å². The smallest absolute Gasteiger partial charge is 0.219 e. The Hall–Kier alpha value is -2.06. The highest BCUT2D eigenvalue weighted by Crippen LogP contribution is 2.33.